The minimum Gasteiger partial charge on any atom is -0.370 e. The van der Waals surface area contributed by atoms with Gasteiger partial charge in [-0.1, -0.05) is 12.8 Å². The van der Waals surface area contributed by atoms with Crippen molar-refractivity contribution < 1.29 is 0 Å². The van der Waals surface area contributed by atoms with Crippen molar-refractivity contribution in [3.05, 3.63) is 11.9 Å². The van der Waals surface area contributed by atoms with Crippen LogP contribution in [0.1, 0.15) is 31.2 Å². The maximum Gasteiger partial charge on any atom is 0.148 e. The third kappa shape index (κ3) is 2.82. The van der Waals surface area contributed by atoms with Crippen molar-refractivity contribution in [2.45, 2.75) is 32.6 Å². The lowest BCUT2D eigenvalue weighted by Crippen LogP contribution is -2.13. The Bertz CT molecular complexity index is 348. The molecular formula is C11H19N5. The molecule has 0 bridgehead atoms. The summed E-state index contributed by atoms with van der Waals surface area (Å²) < 4.78 is 0. The minimum absolute atomic E-state index is 0.680. The lowest BCUT2D eigenvalue weighted by molar-refractivity contribution is 0.686. The van der Waals surface area contributed by atoms with Crippen molar-refractivity contribution in [1.29, 1.82) is 0 Å². The second-order valence-electron chi connectivity index (χ2n) is 4.35. The summed E-state index contributed by atoms with van der Waals surface area (Å²) in [7, 11) is 0. The normalized spacial score (nSPS) is 14.9. The van der Waals surface area contributed by atoms with Gasteiger partial charge in [0, 0.05) is 12.1 Å². The topological polar surface area (TPSA) is 75.9 Å². The summed E-state index contributed by atoms with van der Waals surface area (Å²) in [5, 5.41) is 3.32. The third-order valence-electron chi connectivity index (χ3n) is 3.00. The SMILES string of the molecule is Cc1c(NN)ncnc1NCCCC1CC1. The number of nitrogen functional groups attached to an aromatic ring is 1. The Hall–Kier alpha value is -1.36. The summed E-state index contributed by atoms with van der Waals surface area (Å²) in [5.41, 5.74) is 3.53. The largest absolute Gasteiger partial charge is 0.370 e. The van der Waals surface area contributed by atoms with E-state index in [1.165, 1.54) is 32.0 Å². The number of nitrogens with two attached hydrogens (primary N) is 1. The first-order chi connectivity index (χ1) is 7.81. The van der Waals surface area contributed by atoms with Crippen LogP contribution in [0.2, 0.25) is 0 Å². The van der Waals surface area contributed by atoms with Gasteiger partial charge in [0.1, 0.15) is 18.0 Å². The highest BCUT2D eigenvalue weighted by molar-refractivity contribution is 5.55. The van der Waals surface area contributed by atoms with Crippen molar-refractivity contribution in [2.24, 2.45) is 11.8 Å². The van der Waals surface area contributed by atoms with Gasteiger partial charge in [-0.05, 0) is 25.7 Å². The minimum atomic E-state index is 0.680. The van der Waals surface area contributed by atoms with E-state index in [1.54, 1.807) is 0 Å². The van der Waals surface area contributed by atoms with Crippen LogP contribution in [0.15, 0.2) is 6.33 Å². The fraction of sp³-hybridized carbons (Fsp3) is 0.636. The Morgan fingerprint density at radius 3 is 2.81 bits per heavy atom. The van der Waals surface area contributed by atoms with Gasteiger partial charge in [-0.2, -0.15) is 0 Å². The molecular weight excluding hydrogens is 202 g/mol. The molecule has 0 spiro atoms. The van der Waals surface area contributed by atoms with Gasteiger partial charge in [-0.3, -0.25) is 0 Å². The molecule has 5 heteroatoms. The first-order valence-electron chi connectivity index (χ1n) is 5.83. The maximum atomic E-state index is 5.35. The van der Waals surface area contributed by atoms with E-state index in [4.69, 9.17) is 5.84 Å². The van der Waals surface area contributed by atoms with Crippen LogP contribution in [-0.4, -0.2) is 16.5 Å². The maximum absolute atomic E-state index is 5.35. The van der Waals surface area contributed by atoms with E-state index in [0.29, 0.717) is 5.82 Å². The number of hydrogen-bond acceptors (Lipinski definition) is 5. The van der Waals surface area contributed by atoms with Gasteiger partial charge in [0.15, 0.2) is 0 Å². The number of nitrogens with one attached hydrogen (secondary N) is 2. The highest BCUT2D eigenvalue weighted by Gasteiger charge is 2.19. The van der Waals surface area contributed by atoms with E-state index in [9.17, 15) is 0 Å². The number of anilines is 2. The van der Waals surface area contributed by atoms with Crippen molar-refractivity contribution in [2.75, 3.05) is 17.3 Å². The van der Waals surface area contributed by atoms with Crippen LogP contribution in [0.3, 0.4) is 0 Å². The summed E-state index contributed by atoms with van der Waals surface area (Å²) in [4.78, 5) is 8.24. The monoisotopic (exact) mass is 221 g/mol. The molecule has 0 saturated heterocycles. The molecule has 0 unspecified atom stereocenters. The van der Waals surface area contributed by atoms with E-state index in [1.807, 2.05) is 6.92 Å². The number of hydrazine groups is 1. The summed E-state index contributed by atoms with van der Waals surface area (Å²) >= 11 is 0. The van der Waals surface area contributed by atoms with Crippen LogP contribution in [-0.2, 0) is 0 Å². The predicted molar refractivity (Wildman–Crippen MR) is 65.0 cm³/mol. The van der Waals surface area contributed by atoms with Crippen molar-refractivity contribution in [1.82, 2.24) is 9.97 Å². The van der Waals surface area contributed by atoms with Crippen LogP contribution in [0, 0.1) is 12.8 Å². The molecule has 0 amide bonds. The Balaban J connectivity index is 1.82. The average molecular weight is 221 g/mol. The summed E-state index contributed by atoms with van der Waals surface area (Å²) in [6, 6.07) is 0. The van der Waals surface area contributed by atoms with E-state index < -0.39 is 0 Å². The molecule has 2 rings (SSSR count). The lowest BCUT2D eigenvalue weighted by Gasteiger charge is -2.10. The number of hydrogen-bond donors (Lipinski definition) is 3. The zero-order valence-corrected chi connectivity index (χ0v) is 9.66. The van der Waals surface area contributed by atoms with Crippen LogP contribution in [0.4, 0.5) is 11.6 Å². The first-order valence-corrected chi connectivity index (χ1v) is 5.83. The number of nitrogens with zero attached hydrogens (tertiary/aromatic N) is 2. The van der Waals surface area contributed by atoms with Crippen LogP contribution in [0.5, 0.6) is 0 Å². The quantitative estimate of drug-likeness (QED) is 0.387. The molecule has 5 nitrogen and oxygen atoms in total. The van der Waals surface area contributed by atoms with Crippen LogP contribution in [0.25, 0.3) is 0 Å². The summed E-state index contributed by atoms with van der Waals surface area (Å²) in [6.45, 7) is 2.93. The van der Waals surface area contributed by atoms with Gasteiger partial charge in [0.25, 0.3) is 0 Å². The third-order valence-corrected chi connectivity index (χ3v) is 3.00. The smallest absolute Gasteiger partial charge is 0.148 e. The van der Waals surface area contributed by atoms with E-state index in [0.717, 1.165) is 23.8 Å². The Kier molecular flexibility index (Phi) is 3.56. The predicted octanol–water partition coefficient (Wildman–Crippen LogP) is 1.67. The fourth-order valence-electron chi connectivity index (χ4n) is 1.78. The molecule has 1 aliphatic carbocycles. The summed E-state index contributed by atoms with van der Waals surface area (Å²) in [6.07, 6.45) is 6.91. The van der Waals surface area contributed by atoms with Crippen molar-refractivity contribution in [3.8, 4) is 0 Å². The number of rotatable bonds is 6. The molecule has 1 heterocycles. The second kappa shape index (κ2) is 5.12. The van der Waals surface area contributed by atoms with E-state index in [-0.39, 0.29) is 0 Å². The van der Waals surface area contributed by atoms with Gasteiger partial charge in [-0.15, -0.1) is 0 Å². The summed E-state index contributed by atoms with van der Waals surface area (Å²) in [5.74, 6) is 7.90. The number of aromatic nitrogens is 2. The lowest BCUT2D eigenvalue weighted by atomic mass is 10.2. The van der Waals surface area contributed by atoms with Crippen LogP contribution < -0.4 is 16.6 Å². The highest BCUT2D eigenvalue weighted by Crippen LogP contribution is 2.33. The average Bonchev–Trinajstić information content (AvgIpc) is 3.10. The van der Waals surface area contributed by atoms with Gasteiger partial charge in [0.2, 0.25) is 0 Å². The zero-order chi connectivity index (χ0) is 11.4. The molecule has 0 atom stereocenters. The van der Waals surface area contributed by atoms with E-state index >= 15 is 0 Å². The Labute approximate surface area is 95.8 Å². The molecule has 4 N–H and O–H groups in total. The molecule has 1 saturated carbocycles. The van der Waals surface area contributed by atoms with Crippen molar-refractivity contribution >= 4 is 11.6 Å². The van der Waals surface area contributed by atoms with Gasteiger partial charge >= 0.3 is 0 Å². The van der Waals surface area contributed by atoms with Gasteiger partial charge in [0.05, 0.1) is 0 Å². The van der Waals surface area contributed by atoms with E-state index in [2.05, 4.69) is 20.7 Å². The van der Waals surface area contributed by atoms with Crippen LogP contribution >= 0.6 is 0 Å². The molecule has 16 heavy (non-hydrogen) atoms. The molecule has 1 aliphatic rings. The fourth-order valence-corrected chi connectivity index (χ4v) is 1.78. The van der Waals surface area contributed by atoms with Gasteiger partial charge < -0.3 is 10.7 Å². The second-order valence-corrected chi connectivity index (χ2v) is 4.35. The zero-order valence-electron chi connectivity index (χ0n) is 9.66. The molecule has 0 radical (unpaired) electrons. The molecule has 1 aromatic rings. The van der Waals surface area contributed by atoms with Crippen molar-refractivity contribution in [3.63, 3.8) is 0 Å². The molecule has 0 aliphatic heterocycles. The molecule has 0 aromatic carbocycles. The molecule has 88 valence electrons. The molecule has 1 fully saturated rings. The highest BCUT2D eigenvalue weighted by atomic mass is 15.3. The standard InChI is InChI=1S/C11H19N5/c1-8-10(14-7-15-11(8)16-12)13-6-2-3-9-4-5-9/h7,9H,2-6,12H2,1H3,(H2,13,14,15,16). The first kappa shape index (κ1) is 11.1. The Morgan fingerprint density at radius 2 is 2.12 bits per heavy atom. The van der Waals surface area contributed by atoms with Gasteiger partial charge in [-0.25, -0.2) is 15.8 Å². The molecule has 1 aromatic heterocycles. The Morgan fingerprint density at radius 1 is 1.38 bits per heavy atom.